The summed E-state index contributed by atoms with van der Waals surface area (Å²) in [6.07, 6.45) is 0. The summed E-state index contributed by atoms with van der Waals surface area (Å²) in [6.45, 7) is 8.23. The van der Waals surface area contributed by atoms with Crippen LogP contribution in [0.3, 0.4) is 0 Å². The van der Waals surface area contributed by atoms with Gasteiger partial charge in [-0.25, -0.2) is 13.1 Å². The molecule has 2 aromatic rings. The highest BCUT2D eigenvalue weighted by Gasteiger charge is 2.20. The number of benzene rings is 2. The van der Waals surface area contributed by atoms with Crippen LogP contribution < -0.4 is 9.46 Å². The zero-order valence-electron chi connectivity index (χ0n) is 17.0. The highest BCUT2D eigenvalue weighted by atomic mass is 32.2. The Morgan fingerprint density at radius 2 is 1.79 bits per heavy atom. The molecule has 7 heteroatoms. The molecule has 1 amide bonds. The predicted molar refractivity (Wildman–Crippen MR) is 110 cm³/mol. The molecule has 0 aliphatic carbocycles. The normalized spacial score (nSPS) is 11.5. The van der Waals surface area contributed by atoms with E-state index in [-0.39, 0.29) is 16.8 Å². The quantitative estimate of drug-likeness (QED) is 0.732. The maximum atomic E-state index is 12.9. The van der Waals surface area contributed by atoms with Crippen LogP contribution in [-0.2, 0) is 16.6 Å². The Kier molecular flexibility index (Phi) is 7.21. The van der Waals surface area contributed by atoms with Gasteiger partial charge in [0.2, 0.25) is 10.0 Å². The van der Waals surface area contributed by atoms with Crippen molar-refractivity contribution in [3.05, 3.63) is 59.2 Å². The number of rotatable bonds is 8. The number of nitrogens with one attached hydrogen (secondary N) is 1. The van der Waals surface area contributed by atoms with Gasteiger partial charge >= 0.3 is 0 Å². The lowest BCUT2D eigenvalue weighted by atomic mass is 10.1. The smallest absolute Gasteiger partial charge is 0.254 e. The second-order valence-electron chi connectivity index (χ2n) is 6.99. The molecule has 0 bridgehead atoms. The lowest BCUT2D eigenvalue weighted by Gasteiger charge is -2.19. The number of carbonyl (C=O) groups is 1. The van der Waals surface area contributed by atoms with Crippen molar-refractivity contribution in [2.75, 3.05) is 13.7 Å². The average Bonchev–Trinajstić information content (AvgIpc) is 2.62. The second kappa shape index (κ2) is 9.21. The molecule has 0 spiro atoms. The fourth-order valence-electron chi connectivity index (χ4n) is 2.79. The zero-order valence-corrected chi connectivity index (χ0v) is 17.8. The van der Waals surface area contributed by atoms with E-state index in [4.69, 9.17) is 4.74 Å². The second-order valence-corrected chi connectivity index (χ2v) is 8.70. The molecule has 0 aliphatic heterocycles. The summed E-state index contributed by atoms with van der Waals surface area (Å²) in [6, 6.07) is 11.9. The van der Waals surface area contributed by atoms with Gasteiger partial charge in [0.15, 0.2) is 0 Å². The van der Waals surface area contributed by atoms with Crippen LogP contribution in [0.1, 0.15) is 42.3 Å². The molecule has 2 rings (SSSR count). The summed E-state index contributed by atoms with van der Waals surface area (Å²) in [5.41, 5.74) is 2.06. The highest BCUT2D eigenvalue weighted by molar-refractivity contribution is 7.89. The van der Waals surface area contributed by atoms with Gasteiger partial charge in [-0.2, -0.15) is 0 Å². The summed E-state index contributed by atoms with van der Waals surface area (Å²) in [7, 11) is -1.96. The van der Waals surface area contributed by atoms with Gasteiger partial charge in [0.1, 0.15) is 5.75 Å². The minimum atomic E-state index is -3.66. The Balaban J connectivity index is 2.21. The molecule has 0 heterocycles. The lowest BCUT2D eigenvalue weighted by molar-refractivity contribution is 0.0784. The summed E-state index contributed by atoms with van der Waals surface area (Å²) >= 11 is 0. The number of amides is 1. The molecule has 0 saturated carbocycles. The monoisotopic (exact) mass is 404 g/mol. The van der Waals surface area contributed by atoms with Gasteiger partial charge in [0.25, 0.3) is 5.91 Å². The Bertz CT molecular complexity index is 922. The van der Waals surface area contributed by atoms with Crippen molar-refractivity contribution < 1.29 is 17.9 Å². The molecular weight excluding hydrogens is 376 g/mol. The first-order valence-corrected chi connectivity index (χ1v) is 10.7. The van der Waals surface area contributed by atoms with E-state index in [1.807, 2.05) is 31.2 Å². The number of ether oxygens (including phenoxy) is 1. The van der Waals surface area contributed by atoms with Gasteiger partial charge in [-0.05, 0) is 63.1 Å². The van der Waals surface area contributed by atoms with Crippen molar-refractivity contribution in [1.29, 1.82) is 0 Å². The van der Waals surface area contributed by atoms with Crippen LogP contribution in [0.25, 0.3) is 0 Å². The number of hydrogen-bond acceptors (Lipinski definition) is 4. The molecule has 1 N–H and O–H groups in total. The van der Waals surface area contributed by atoms with Gasteiger partial charge in [0, 0.05) is 25.2 Å². The molecule has 6 nitrogen and oxygen atoms in total. The zero-order chi connectivity index (χ0) is 20.9. The van der Waals surface area contributed by atoms with Gasteiger partial charge < -0.3 is 9.64 Å². The van der Waals surface area contributed by atoms with E-state index in [2.05, 4.69) is 4.72 Å². The van der Waals surface area contributed by atoms with Crippen molar-refractivity contribution in [2.45, 2.75) is 45.2 Å². The molecule has 2 aromatic carbocycles. The SMILES string of the molecule is CCOc1ccc(CN(C)C(=O)c2cc(S(=O)(=O)NC(C)C)ccc2C)cc1. The molecule has 0 saturated heterocycles. The third-order valence-corrected chi connectivity index (χ3v) is 5.80. The van der Waals surface area contributed by atoms with E-state index in [0.29, 0.717) is 18.7 Å². The van der Waals surface area contributed by atoms with Crippen molar-refractivity contribution in [3.63, 3.8) is 0 Å². The molecule has 0 aliphatic rings. The molecular formula is C21H28N2O4S. The van der Waals surface area contributed by atoms with E-state index in [1.165, 1.54) is 12.1 Å². The van der Waals surface area contributed by atoms with Gasteiger partial charge in [-0.15, -0.1) is 0 Å². The summed E-state index contributed by atoms with van der Waals surface area (Å²) < 4.78 is 32.8. The van der Waals surface area contributed by atoms with Gasteiger partial charge in [-0.1, -0.05) is 18.2 Å². The fourth-order valence-corrected chi connectivity index (χ4v) is 4.06. The predicted octanol–water partition coefficient (Wildman–Crippen LogP) is 3.35. The highest BCUT2D eigenvalue weighted by Crippen LogP contribution is 2.19. The van der Waals surface area contributed by atoms with Crippen LogP contribution in [0.5, 0.6) is 5.75 Å². The van der Waals surface area contributed by atoms with Crippen LogP contribution in [0.15, 0.2) is 47.4 Å². The van der Waals surface area contributed by atoms with Crippen LogP contribution in [0.4, 0.5) is 0 Å². The van der Waals surface area contributed by atoms with Crippen LogP contribution in [-0.4, -0.2) is 38.9 Å². The Hall–Kier alpha value is -2.38. The van der Waals surface area contributed by atoms with E-state index >= 15 is 0 Å². The number of aryl methyl sites for hydroxylation is 1. The van der Waals surface area contributed by atoms with Gasteiger partial charge in [-0.3, -0.25) is 4.79 Å². The molecule has 28 heavy (non-hydrogen) atoms. The molecule has 0 unspecified atom stereocenters. The van der Waals surface area contributed by atoms with Crippen molar-refractivity contribution in [2.24, 2.45) is 0 Å². The van der Waals surface area contributed by atoms with E-state index < -0.39 is 10.0 Å². The molecule has 0 atom stereocenters. The van der Waals surface area contributed by atoms with Crippen LogP contribution >= 0.6 is 0 Å². The van der Waals surface area contributed by atoms with Crippen LogP contribution in [0, 0.1) is 6.92 Å². The largest absolute Gasteiger partial charge is 0.494 e. The van der Waals surface area contributed by atoms with Gasteiger partial charge in [0.05, 0.1) is 11.5 Å². The van der Waals surface area contributed by atoms with E-state index in [0.717, 1.165) is 16.9 Å². The fraction of sp³-hybridized carbons (Fsp3) is 0.381. The number of carbonyl (C=O) groups excluding carboxylic acids is 1. The molecule has 0 fully saturated rings. The lowest BCUT2D eigenvalue weighted by Crippen LogP contribution is -2.31. The molecule has 0 aromatic heterocycles. The third-order valence-electron chi connectivity index (χ3n) is 4.14. The third kappa shape index (κ3) is 5.56. The van der Waals surface area contributed by atoms with Crippen molar-refractivity contribution >= 4 is 15.9 Å². The Morgan fingerprint density at radius 1 is 1.14 bits per heavy atom. The standard InChI is InChI=1S/C21H28N2O4S/c1-6-27-18-10-8-17(9-11-18)14-23(5)21(24)20-13-19(12-7-16(20)4)28(25,26)22-15(2)3/h7-13,15,22H,6,14H2,1-5H3. The minimum absolute atomic E-state index is 0.0876. The molecule has 152 valence electrons. The number of sulfonamides is 1. The first-order valence-electron chi connectivity index (χ1n) is 9.24. The average molecular weight is 405 g/mol. The van der Waals surface area contributed by atoms with E-state index in [1.54, 1.807) is 38.8 Å². The number of hydrogen-bond donors (Lipinski definition) is 1. The topological polar surface area (TPSA) is 75.7 Å². The first-order chi connectivity index (χ1) is 13.1. The van der Waals surface area contributed by atoms with E-state index in [9.17, 15) is 13.2 Å². The summed E-state index contributed by atoms with van der Waals surface area (Å²) in [5, 5.41) is 0. The van der Waals surface area contributed by atoms with Crippen LogP contribution in [0.2, 0.25) is 0 Å². The minimum Gasteiger partial charge on any atom is -0.494 e. The summed E-state index contributed by atoms with van der Waals surface area (Å²) in [5.74, 6) is 0.555. The number of nitrogens with zero attached hydrogens (tertiary/aromatic N) is 1. The maximum absolute atomic E-state index is 12.9. The first kappa shape index (κ1) is 21.9. The van der Waals surface area contributed by atoms with Crippen molar-refractivity contribution in [1.82, 2.24) is 9.62 Å². The molecule has 0 radical (unpaired) electrons. The summed E-state index contributed by atoms with van der Waals surface area (Å²) in [4.78, 5) is 14.6. The Morgan fingerprint density at radius 3 is 2.36 bits per heavy atom. The Labute approximate surface area is 167 Å². The maximum Gasteiger partial charge on any atom is 0.254 e. The van der Waals surface area contributed by atoms with Crippen molar-refractivity contribution in [3.8, 4) is 5.75 Å².